The number of amides is 2. The van der Waals surface area contributed by atoms with Gasteiger partial charge in [0.1, 0.15) is 12.0 Å². The third-order valence-corrected chi connectivity index (χ3v) is 9.75. The maximum absolute atomic E-state index is 13.9. The number of β-amino-alcohol motifs (C(OH)–C–C–N with tert-alkyl or cyclic N) is 1. The summed E-state index contributed by atoms with van der Waals surface area (Å²) in [5.74, 6) is 0.0700. The Hall–Kier alpha value is -3.28. The molecule has 3 aromatic rings. The second-order valence-electron chi connectivity index (χ2n) is 12.3. The molecule has 6 rings (SSSR count). The summed E-state index contributed by atoms with van der Waals surface area (Å²) < 4.78 is 5.71. The number of likely N-dealkylation sites (tertiary alicyclic amines) is 1. The van der Waals surface area contributed by atoms with Gasteiger partial charge in [0.15, 0.2) is 11.6 Å². The van der Waals surface area contributed by atoms with Crippen LogP contribution >= 0.6 is 11.3 Å². The van der Waals surface area contributed by atoms with Gasteiger partial charge in [0.2, 0.25) is 11.8 Å². The van der Waals surface area contributed by atoms with Gasteiger partial charge < -0.3 is 30.1 Å². The number of anilines is 1. The van der Waals surface area contributed by atoms with Crippen LogP contribution < -0.4 is 15.5 Å². The summed E-state index contributed by atoms with van der Waals surface area (Å²) in [5, 5.41) is 21.2. The Balaban J connectivity index is 1.13. The number of aliphatic hydroxyl groups excluding tert-OH is 1. The Morgan fingerprint density at radius 1 is 1.20 bits per heavy atom. The zero-order valence-corrected chi connectivity index (χ0v) is 24.8. The van der Waals surface area contributed by atoms with Crippen LogP contribution in [-0.2, 0) is 9.59 Å². The summed E-state index contributed by atoms with van der Waals surface area (Å²) >= 11 is 1.60. The molecule has 0 unspecified atom stereocenters. The van der Waals surface area contributed by atoms with Crippen LogP contribution in [0.2, 0.25) is 0 Å². The van der Waals surface area contributed by atoms with Crippen molar-refractivity contribution in [3.8, 4) is 10.4 Å². The molecule has 11 heteroatoms. The number of aryl methyl sites for hydroxylation is 1. The topological polar surface area (TPSA) is 124 Å². The van der Waals surface area contributed by atoms with Crippen molar-refractivity contribution in [2.45, 2.75) is 58.2 Å². The minimum Gasteiger partial charge on any atom is -0.391 e. The second-order valence-corrected chi connectivity index (χ2v) is 13.1. The summed E-state index contributed by atoms with van der Waals surface area (Å²) in [5.41, 5.74) is 5.23. The smallest absolute Gasteiger partial charge is 0.243 e. The lowest BCUT2D eigenvalue weighted by Gasteiger charge is -2.56. The lowest BCUT2D eigenvalue weighted by atomic mass is 9.74. The van der Waals surface area contributed by atoms with Gasteiger partial charge in [-0.15, -0.1) is 11.3 Å². The molecule has 4 atom stereocenters. The molecule has 1 aromatic carbocycles. The number of benzene rings is 1. The van der Waals surface area contributed by atoms with Gasteiger partial charge in [-0.3, -0.25) is 9.59 Å². The third kappa shape index (κ3) is 5.26. The fourth-order valence-corrected chi connectivity index (χ4v) is 7.13. The van der Waals surface area contributed by atoms with Gasteiger partial charge >= 0.3 is 0 Å². The van der Waals surface area contributed by atoms with Gasteiger partial charge in [-0.05, 0) is 30.9 Å². The van der Waals surface area contributed by atoms with E-state index in [9.17, 15) is 14.7 Å². The Kier molecular flexibility index (Phi) is 7.37. The highest BCUT2D eigenvalue weighted by Crippen LogP contribution is 2.39. The van der Waals surface area contributed by atoms with E-state index in [0.717, 1.165) is 53.7 Å². The molecule has 0 saturated carbocycles. The SMILES string of the molecule is Cc1ncsc1-c1ccc([C@H](C)NC(=O)[C@@H]2C[C@@H](O)CN2C(=O)[C@H](c2cc(N3CC4(CNC4)C3)no2)C(C)C)cc1. The number of hydrogen-bond donors (Lipinski definition) is 3. The summed E-state index contributed by atoms with van der Waals surface area (Å²) in [4.78, 5) is 36.6. The lowest BCUT2D eigenvalue weighted by Crippen LogP contribution is -2.71. The normalized spacial score (nSPS) is 22.9. The minimum atomic E-state index is -0.765. The number of carbonyl (C=O) groups is 2. The highest BCUT2D eigenvalue weighted by Gasteiger charge is 2.49. The predicted molar refractivity (Wildman–Crippen MR) is 157 cm³/mol. The number of thiazole rings is 1. The quantitative estimate of drug-likeness (QED) is 0.373. The molecule has 3 N–H and O–H groups in total. The zero-order valence-electron chi connectivity index (χ0n) is 24.0. The molecule has 3 aliphatic heterocycles. The van der Waals surface area contributed by atoms with E-state index in [1.165, 1.54) is 4.90 Å². The van der Waals surface area contributed by atoms with Gasteiger partial charge in [0.25, 0.3) is 0 Å². The van der Waals surface area contributed by atoms with Crippen LogP contribution in [0.1, 0.15) is 56.2 Å². The van der Waals surface area contributed by atoms with Crippen LogP contribution in [0.3, 0.4) is 0 Å². The van der Waals surface area contributed by atoms with E-state index in [0.29, 0.717) is 11.2 Å². The first-order chi connectivity index (χ1) is 19.6. The molecule has 0 radical (unpaired) electrons. The molecule has 0 aliphatic carbocycles. The van der Waals surface area contributed by atoms with Crippen molar-refractivity contribution >= 4 is 29.0 Å². The first kappa shape index (κ1) is 27.9. The number of hydrogen-bond acceptors (Lipinski definition) is 9. The fraction of sp³-hybridized carbons (Fsp3) is 0.533. The van der Waals surface area contributed by atoms with Crippen molar-refractivity contribution in [3.05, 3.63) is 52.9 Å². The second kappa shape index (κ2) is 10.8. The predicted octanol–water partition coefficient (Wildman–Crippen LogP) is 3.09. The van der Waals surface area contributed by atoms with Crippen LogP contribution in [0, 0.1) is 18.3 Å². The number of nitrogens with one attached hydrogen (secondary N) is 2. The number of aromatic nitrogens is 2. The van der Waals surface area contributed by atoms with Gasteiger partial charge in [-0.25, -0.2) is 4.98 Å². The van der Waals surface area contributed by atoms with Crippen LogP contribution in [0.4, 0.5) is 5.82 Å². The largest absolute Gasteiger partial charge is 0.391 e. The van der Waals surface area contributed by atoms with Crippen LogP contribution in [0.25, 0.3) is 10.4 Å². The van der Waals surface area contributed by atoms with Crippen molar-refractivity contribution in [2.75, 3.05) is 37.6 Å². The number of aliphatic hydroxyl groups is 1. The number of nitrogens with zero attached hydrogens (tertiary/aromatic N) is 4. The third-order valence-electron chi connectivity index (χ3n) is 8.77. The Morgan fingerprint density at radius 3 is 2.54 bits per heavy atom. The number of rotatable bonds is 8. The summed E-state index contributed by atoms with van der Waals surface area (Å²) in [6.45, 7) is 11.9. The molecule has 0 bridgehead atoms. The minimum absolute atomic E-state index is 0.0806. The highest BCUT2D eigenvalue weighted by molar-refractivity contribution is 7.13. The lowest BCUT2D eigenvalue weighted by molar-refractivity contribution is -0.141. The van der Waals surface area contributed by atoms with E-state index in [1.807, 2.05) is 63.5 Å². The fourth-order valence-electron chi connectivity index (χ4n) is 6.32. The summed E-state index contributed by atoms with van der Waals surface area (Å²) in [6.07, 6.45) is -0.567. The van der Waals surface area contributed by atoms with Crippen LogP contribution in [0.5, 0.6) is 0 Å². The van der Waals surface area contributed by atoms with E-state index < -0.39 is 18.1 Å². The first-order valence-corrected chi connectivity index (χ1v) is 15.2. The molecule has 41 heavy (non-hydrogen) atoms. The molecular formula is C30H38N6O4S. The van der Waals surface area contributed by atoms with E-state index in [4.69, 9.17) is 4.52 Å². The maximum Gasteiger partial charge on any atom is 0.243 e. The Labute approximate surface area is 244 Å². The van der Waals surface area contributed by atoms with E-state index in [1.54, 1.807) is 11.3 Å². The van der Waals surface area contributed by atoms with Crippen LogP contribution in [-0.4, -0.2) is 76.8 Å². The molecule has 2 aromatic heterocycles. The molecule has 3 aliphatic rings. The standard InChI is InChI=1S/C30H38N6O4S/c1-17(2)26(24-10-25(34-40-24)35-14-30(15-35)12-31-13-30)29(39)36-11-22(37)9-23(36)28(38)33-18(3)20-5-7-21(8-6-20)27-19(4)32-16-41-27/h5-8,10,16-18,22-23,26,31,37H,9,11-15H2,1-4H3,(H,33,38)/t18-,22+,23-,26-/m0/s1. The molecular weight excluding hydrogens is 540 g/mol. The monoisotopic (exact) mass is 578 g/mol. The molecule has 5 heterocycles. The van der Waals surface area contributed by atoms with E-state index >= 15 is 0 Å². The number of carbonyl (C=O) groups excluding carboxylic acids is 2. The van der Waals surface area contributed by atoms with Crippen molar-refractivity contribution in [2.24, 2.45) is 11.3 Å². The van der Waals surface area contributed by atoms with Gasteiger partial charge in [0.05, 0.1) is 28.2 Å². The average Bonchev–Trinajstić information content (AvgIpc) is 3.62. The van der Waals surface area contributed by atoms with Gasteiger partial charge in [0, 0.05) is 50.6 Å². The zero-order chi connectivity index (χ0) is 28.9. The highest BCUT2D eigenvalue weighted by atomic mass is 32.1. The van der Waals surface area contributed by atoms with Crippen molar-refractivity contribution in [1.29, 1.82) is 0 Å². The Morgan fingerprint density at radius 2 is 1.93 bits per heavy atom. The average molecular weight is 579 g/mol. The van der Waals surface area contributed by atoms with Gasteiger partial charge in [-0.2, -0.15) is 0 Å². The molecule has 218 valence electrons. The summed E-state index contributed by atoms with van der Waals surface area (Å²) in [7, 11) is 0. The van der Waals surface area contributed by atoms with E-state index in [-0.39, 0.29) is 36.7 Å². The molecule has 3 fully saturated rings. The first-order valence-electron chi connectivity index (χ1n) is 14.4. The molecule has 2 amide bonds. The Bertz CT molecular complexity index is 1410. The summed E-state index contributed by atoms with van der Waals surface area (Å²) in [6, 6.07) is 8.92. The van der Waals surface area contributed by atoms with Crippen molar-refractivity contribution in [1.82, 2.24) is 25.7 Å². The van der Waals surface area contributed by atoms with E-state index in [2.05, 4.69) is 25.7 Å². The van der Waals surface area contributed by atoms with Crippen molar-refractivity contribution in [3.63, 3.8) is 0 Å². The maximum atomic E-state index is 13.9. The van der Waals surface area contributed by atoms with Crippen LogP contribution in [0.15, 0.2) is 40.4 Å². The van der Waals surface area contributed by atoms with Crippen molar-refractivity contribution < 1.29 is 19.2 Å². The van der Waals surface area contributed by atoms with Gasteiger partial charge in [-0.1, -0.05) is 43.3 Å². The molecule has 3 saturated heterocycles. The molecule has 10 nitrogen and oxygen atoms in total. The molecule has 1 spiro atoms.